The molecule has 0 amide bonds. The number of hydrogen-bond donors (Lipinski definition) is 3. The molecule has 4 heteroatoms. The van der Waals surface area contributed by atoms with Crippen LogP contribution >= 0.6 is 0 Å². The SMILES string of the molecule is CCCCCCC(O)C(O)C(=O)O. The predicted molar refractivity (Wildman–Crippen MR) is 48.4 cm³/mol. The number of carboxylic acids is 1. The van der Waals surface area contributed by atoms with Gasteiger partial charge in [-0.15, -0.1) is 0 Å². The van der Waals surface area contributed by atoms with Gasteiger partial charge in [-0.05, 0) is 6.42 Å². The molecule has 4 nitrogen and oxygen atoms in total. The summed E-state index contributed by atoms with van der Waals surface area (Å²) in [4.78, 5) is 10.2. The zero-order valence-corrected chi connectivity index (χ0v) is 7.94. The quantitative estimate of drug-likeness (QED) is 0.518. The molecule has 3 N–H and O–H groups in total. The standard InChI is InChI=1S/C9H18O4/c1-2-3-4-5-6-7(10)8(11)9(12)13/h7-8,10-11H,2-6H2,1H3,(H,12,13). The molecule has 2 unspecified atom stereocenters. The lowest BCUT2D eigenvalue weighted by Crippen LogP contribution is -2.33. The van der Waals surface area contributed by atoms with Crippen LogP contribution in [0.4, 0.5) is 0 Å². The highest BCUT2D eigenvalue weighted by atomic mass is 16.4. The highest BCUT2D eigenvalue weighted by Gasteiger charge is 2.22. The van der Waals surface area contributed by atoms with Crippen LogP contribution in [-0.2, 0) is 4.79 Å². The second kappa shape index (κ2) is 6.86. The minimum atomic E-state index is -1.64. The number of hydrogen-bond acceptors (Lipinski definition) is 3. The zero-order chi connectivity index (χ0) is 10.3. The van der Waals surface area contributed by atoms with Gasteiger partial charge in [-0.3, -0.25) is 0 Å². The van der Waals surface area contributed by atoms with Gasteiger partial charge in [0, 0.05) is 0 Å². The Morgan fingerprint density at radius 1 is 1.23 bits per heavy atom. The Hall–Kier alpha value is -0.610. The summed E-state index contributed by atoms with van der Waals surface area (Å²) in [6.07, 6.45) is 1.50. The van der Waals surface area contributed by atoms with Gasteiger partial charge in [0.25, 0.3) is 0 Å². The molecule has 0 bridgehead atoms. The largest absolute Gasteiger partial charge is 0.479 e. The summed E-state index contributed by atoms with van der Waals surface area (Å²) in [5, 5.41) is 26.4. The van der Waals surface area contributed by atoms with E-state index in [9.17, 15) is 4.79 Å². The maximum Gasteiger partial charge on any atom is 0.335 e. The Balaban J connectivity index is 3.50. The molecular weight excluding hydrogens is 172 g/mol. The molecule has 0 saturated carbocycles. The van der Waals surface area contributed by atoms with Crippen LogP contribution in [-0.4, -0.2) is 33.5 Å². The molecule has 0 aromatic rings. The predicted octanol–water partition coefficient (Wildman–Crippen LogP) is 0.763. The van der Waals surface area contributed by atoms with Crippen molar-refractivity contribution >= 4 is 5.97 Å². The fourth-order valence-corrected chi connectivity index (χ4v) is 1.10. The third kappa shape index (κ3) is 5.60. The van der Waals surface area contributed by atoms with Crippen molar-refractivity contribution in [3.05, 3.63) is 0 Å². The van der Waals surface area contributed by atoms with Crippen LogP contribution in [0.3, 0.4) is 0 Å². The first-order valence-electron chi connectivity index (χ1n) is 4.68. The topological polar surface area (TPSA) is 77.8 Å². The van der Waals surface area contributed by atoms with Crippen molar-refractivity contribution in [3.8, 4) is 0 Å². The van der Waals surface area contributed by atoms with Crippen molar-refractivity contribution in [2.24, 2.45) is 0 Å². The third-order valence-electron chi connectivity index (χ3n) is 1.97. The summed E-state index contributed by atoms with van der Waals surface area (Å²) in [5.41, 5.74) is 0. The summed E-state index contributed by atoms with van der Waals surface area (Å²) in [6, 6.07) is 0. The van der Waals surface area contributed by atoms with E-state index < -0.39 is 18.2 Å². The lowest BCUT2D eigenvalue weighted by atomic mass is 10.1. The second-order valence-electron chi connectivity index (χ2n) is 3.20. The van der Waals surface area contributed by atoms with Crippen LogP contribution < -0.4 is 0 Å². The average molecular weight is 190 g/mol. The first-order chi connectivity index (χ1) is 6.09. The van der Waals surface area contributed by atoms with Gasteiger partial charge in [-0.25, -0.2) is 4.79 Å². The van der Waals surface area contributed by atoms with E-state index in [1.165, 1.54) is 0 Å². The van der Waals surface area contributed by atoms with E-state index in [2.05, 4.69) is 6.92 Å². The maximum atomic E-state index is 10.2. The van der Waals surface area contributed by atoms with Crippen molar-refractivity contribution < 1.29 is 20.1 Å². The molecule has 0 aliphatic heterocycles. The van der Waals surface area contributed by atoms with Gasteiger partial charge in [0.15, 0.2) is 6.10 Å². The number of aliphatic hydroxyl groups excluding tert-OH is 2. The van der Waals surface area contributed by atoms with Crippen molar-refractivity contribution in [3.63, 3.8) is 0 Å². The van der Waals surface area contributed by atoms with Gasteiger partial charge in [-0.2, -0.15) is 0 Å². The van der Waals surface area contributed by atoms with E-state index >= 15 is 0 Å². The van der Waals surface area contributed by atoms with E-state index in [1.54, 1.807) is 0 Å². The van der Waals surface area contributed by atoms with E-state index in [0.717, 1.165) is 25.7 Å². The van der Waals surface area contributed by atoms with Crippen LogP contribution in [0.2, 0.25) is 0 Å². The molecule has 0 aromatic heterocycles. The molecule has 0 fully saturated rings. The highest BCUT2D eigenvalue weighted by Crippen LogP contribution is 2.08. The fourth-order valence-electron chi connectivity index (χ4n) is 1.10. The number of unbranched alkanes of at least 4 members (excludes halogenated alkanes) is 3. The monoisotopic (exact) mass is 190 g/mol. The van der Waals surface area contributed by atoms with E-state index in [4.69, 9.17) is 15.3 Å². The van der Waals surface area contributed by atoms with Crippen LogP contribution in [0.15, 0.2) is 0 Å². The summed E-state index contributed by atoms with van der Waals surface area (Å²) >= 11 is 0. The Morgan fingerprint density at radius 3 is 2.31 bits per heavy atom. The first-order valence-corrected chi connectivity index (χ1v) is 4.68. The third-order valence-corrected chi connectivity index (χ3v) is 1.97. The Bertz CT molecular complexity index is 147. The molecule has 13 heavy (non-hydrogen) atoms. The number of carbonyl (C=O) groups is 1. The first kappa shape index (κ1) is 12.4. The lowest BCUT2D eigenvalue weighted by molar-refractivity contribution is -0.153. The molecule has 0 radical (unpaired) electrons. The minimum absolute atomic E-state index is 0.355. The molecule has 0 aromatic carbocycles. The maximum absolute atomic E-state index is 10.2. The number of rotatable bonds is 7. The van der Waals surface area contributed by atoms with Gasteiger partial charge < -0.3 is 15.3 Å². The minimum Gasteiger partial charge on any atom is -0.479 e. The molecule has 78 valence electrons. The van der Waals surface area contributed by atoms with E-state index in [1.807, 2.05) is 0 Å². The average Bonchev–Trinajstić information content (AvgIpc) is 2.10. The molecule has 0 aliphatic carbocycles. The van der Waals surface area contributed by atoms with Gasteiger partial charge in [0.2, 0.25) is 0 Å². The number of carboxylic acid groups (broad SMARTS) is 1. The van der Waals surface area contributed by atoms with Gasteiger partial charge in [0.05, 0.1) is 6.10 Å². The summed E-state index contributed by atoms with van der Waals surface area (Å²) in [5.74, 6) is -1.36. The molecule has 0 heterocycles. The highest BCUT2D eigenvalue weighted by molar-refractivity contribution is 5.72. The fraction of sp³-hybridized carbons (Fsp3) is 0.889. The summed E-state index contributed by atoms with van der Waals surface area (Å²) in [7, 11) is 0. The van der Waals surface area contributed by atoms with Gasteiger partial charge in [0.1, 0.15) is 0 Å². The molecule has 0 spiro atoms. The van der Waals surface area contributed by atoms with E-state index in [-0.39, 0.29) is 0 Å². The van der Waals surface area contributed by atoms with Gasteiger partial charge >= 0.3 is 5.97 Å². The normalized spacial score (nSPS) is 15.3. The van der Waals surface area contributed by atoms with Crippen molar-refractivity contribution in [2.45, 2.75) is 51.2 Å². The molecular formula is C9H18O4. The van der Waals surface area contributed by atoms with Crippen LogP contribution in [0.25, 0.3) is 0 Å². The number of aliphatic carboxylic acids is 1. The van der Waals surface area contributed by atoms with Crippen LogP contribution in [0.1, 0.15) is 39.0 Å². The van der Waals surface area contributed by atoms with Crippen molar-refractivity contribution in [1.82, 2.24) is 0 Å². The summed E-state index contributed by atoms with van der Waals surface area (Å²) < 4.78 is 0. The van der Waals surface area contributed by atoms with E-state index in [0.29, 0.717) is 6.42 Å². The van der Waals surface area contributed by atoms with Gasteiger partial charge in [-0.1, -0.05) is 32.6 Å². The van der Waals surface area contributed by atoms with Crippen LogP contribution in [0, 0.1) is 0 Å². The Morgan fingerprint density at radius 2 is 1.85 bits per heavy atom. The smallest absolute Gasteiger partial charge is 0.335 e. The second-order valence-corrected chi connectivity index (χ2v) is 3.20. The lowest BCUT2D eigenvalue weighted by Gasteiger charge is -2.13. The summed E-state index contributed by atoms with van der Waals surface area (Å²) in [6.45, 7) is 2.07. The molecule has 0 saturated heterocycles. The van der Waals surface area contributed by atoms with Crippen molar-refractivity contribution in [1.29, 1.82) is 0 Å². The molecule has 0 aliphatic rings. The number of aliphatic hydroxyl groups is 2. The zero-order valence-electron chi connectivity index (χ0n) is 7.94. The molecule has 0 rings (SSSR count). The molecule has 2 atom stereocenters. The van der Waals surface area contributed by atoms with Crippen LogP contribution in [0.5, 0.6) is 0 Å². The van der Waals surface area contributed by atoms with Crippen molar-refractivity contribution in [2.75, 3.05) is 0 Å². The Labute approximate surface area is 78.2 Å². The Kier molecular flexibility index (Phi) is 6.54.